The van der Waals surface area contributed by atoms with Crippen LogP contribution >= 0.6 is 0 Å². The molecule has 4 rings (SSSR count). The summed E-state index contributed by atoms with van der Waals surface area (Å²) in [6.07, 6.45) is 2.81. The van der Waals surface area contributed by atoms with Gasteiger partial charge in [-0.1, -0.05) is 18.2 Å². The molecule has 0 unspecified atom stereocenters. The van der Waals surface area contributed by atoms with Gasteiger partial charge in [-0.2, -0.15) is 0 Å². The van der Waals surface area contributed by atoms with Gasteiger partial charge in [0, 0.05) is 37.0 Å². The third-order valence-corrected chi connectivity index (χ3v) is 5.92. The molecule has 0 aliphatic carbocycles. The van der Waals surface area contributed by atoms with Crippen LogP contribution in [-0.4, -0.2) is 41.6 Å². The summed E-state index contributed by atoms with van der Waals surface area (Å²) in [6, 6.07) is 8.60. The predicted octanol–water partition coefficient (Wildman–Crippen LogP) is 2.25. The van der Waals surface area contributed by atoms with E-state index >= 15 is 0 Å². The van der Waals surface area contributed by atoms with Gasteiger partial charge in [0.2, 0.25) is 5.91 Å². The van der Waals surface area contributed by atoms with Crippen LogP contribution in [0.2, 0.25) is 0 Å². The normalized spacial score (nSPS) is 33.9. The Morgan fingerprint density at radius 2 is 2.17 bits per heavy atom. The average molecular weight is 330 g/mol. The van der Waals surface area contributed by atoms with Crippen molar-refractivity contribution in [1.82, 2.24) is 4.90 Å². The van der Waals surface area contributed by atoms with Gasteiger partial charge in [-0.3, -0.25) is 9.69 Å². The number of benzene rings is 1. The van der Waals surface area contributed by atoms with E-state index in [4.69, 9.17) is 15.2 Å². The summed E-state index contributed by atoms with van der Waals surface area (Å²) in [5, 5.41) is 0. The summed E-state index contributed by atoms with van der Waals surface area (Å²) in [5.41, 5.74) is 6.24. The van der Waals surface area contributed by atoms with Gasteiger partial charge in [-0.05, 0) is 32.8 Å². The third kappa shape index (κ3) is 2.60. The molecule has 0 saturated carbocycles. The number of nitrogens with two attached hydrogens (primary N) is 1. The van der Waals surface area contributed by atoms with Crippen molar-refractivity contribution < 1.29 is 14.3 Å². The van der Waals surface area contributed by atoms with Crippen LogP contribution in [0.15, 0.2) is 24.3 Å². The van der Waals surface area contributed by atoms with Gasteiger partial charge in [-0.15, -0.1) is 0 Å². The summed E-state index contributed by atoms with van der Waals surface area (Å²) < 4.78 is 12.9. The Kier molecular flexibility index (Phi) is 3.81. The smallest absolute Gasteiger partial charge is 0.218 e. The average Bonchev–Trinajstić information content (AvgIpc) is 2.93. The van der Waals surface area contributed by atoms with E-state index in [0.29, 0.717) is 18.4 Å². The molecule has 0 spiro atoms. The Bertz CT molecular complexity index is 645. The highest BCUT2D eigenvalue weighted by Gasteiger charge is 2.52. The van der Waals surface area contributed by atoms with E-state index in [-0.39, 0.29) is 23.7 Å². The fraction of sp³-hybridized carbons (Fsp3) is 0.632. The number of amides is 1. The zero-order chi connectivity index (χ0) is 16.9. The van der Waals surface area contributed by atoms with E-state index in [2.05, 4.69) is 30.9 Å². The number of hydrogen-bond acceptors (Lipinski definition) is 4. The van der Waals surface area contributed by atoms with Crippen molar-refractivity contribution >= 4 is 5.91 Å². The predicted molar refractivity (Wildman–Crippen MR) is 90.7 cm³/mol. The highest BCUT2D eigenvalue weighted by molar-refractivity contribution is 5.73. The molecule has 2 saturated heterocycles. The maximum Gasteiger partial charge on any atom is 0.218 e. The first kappa shape index (κ1) is 15.9. The summed E-state index contributed by atoms with van der Waals surface area (Å²) in [7, 11) is 0. The summed E-state index contributed by atoms with van der Waals surface area (Å²) in [4.78, 5) is 13.5. The Balaban J connectivity index is 1.59. The lowest BCUT2D eigenvalue weighted by Gasteiger charge is -2.50. The largest absolute Gasteiger partial charge is 0.487 e. The molecular weight excluding hydrogens is 304 g/mol. The minimum absolute atomic E-state index is 0.0993. The first-order valence-corrected chi connectivity index (χ1v) is 8.91. The van der Waals surface area contributed by atoms with Gasteiger partial charge in [-0.25, -0.2) is 0 Å². The summed E-state index contributed by atoms with van der Waals surface area (Å²) in [6.45, 7) is 6.03. The van der Waals surface area contributed by atoms with Crippen LogP contribution in [0.5, 0.6) is 5.75 Å². The van der Waals surface area contributed by atoms with Crippen molar-refractivity contribution in [3.05, 3.63) is 29.8 Å². The maximum atomic E-state index is 11.1. The van der Waals surface area contributed by atoms with Gasteiger partial charge in [0.25, 0.3) is 0 Å². The van der Waals surface area contributed by atoms with Crippen LogP contribution in [0.1, 0.15) is 44.8 Å². The van der Waals surface area contributed by atoms with E-state index in [1.54, 1.807) is 0 Å². The second-order valence-electron chi connectivity index (χ2n) is 7.79. The van der Waals surface area contributed by atoms with E-state index in [1.165, 1.54) is 5.56 Å². The maximum absolute atomic E-state index is 11.1. The van der Waals surface area contributed by atoms with Crippen LogP contribution in [0, 0.1) is 5.92 Å². The molecule has 1 amide bonds. The number of ether oxygens (including phenoxy) is 2. The molecule has 0 aromatic heterocycles. The van der Waals surface area contributed by atoms with Crippen molar-refractivity contribution in [2.45, 2.75) is 57.0 Å². The lowest BCUT2D eigenvalue weighted by atomic mass is 9.74. The molecule has 2 N–H and O–H groups in total. The van der Waals surface area contributed by atoms with Gasteiger partial charge in [0.15, 0.2) is 0 Å². The van der Waals surface area contributed by atoms with E-state index in [0.717, 1.165) is 31.7 Å². The highest BCUT2D eigenvalue weighted by atomic mass is 16.5. The van der Waals surface area contributed by atoms with Crippen LogP contribution in [0.4, 0.5) is 0 Å². The topological polar surface area (TPSA) is 64.8 Å². The number of para-hydroxylation sites is 1. The summed E-state index contributed by atoms with van der Waals surface area (Å²) >= 11 is 0. The van der Waals surface area contributed by atoms with Gasteiger partial charge in [0.05, 0.1) is 12.2 Å². The Labute approximate surface area is 143 Å². The molecule has 3 heterocycles. The number of carbonyl (C=O) groups excluding carboxylic acids is 1. The quantitative estimate of drug-likeness (QED) is 0.923. The monoisotopic (exact) mass is 330 g/mol. The molecule has 4 atom stereocenters. The van der Waals surface area contributed by atoms with E-state index in [9.17, 15) is 4.79 Å². The van der Waals surface area contributed by atoms with Crippen molar-refractivity contribution in [2.24, 2.45) is 11.7 Å². The number of fused-ring (bicyclic) bond motifs is 4. The van der Waals surface area contributed by atoms with Crippen LogP contribution in [0.3, 0.4) is 0 Å². The van der Waals surface area contributed by atoms with E-state index in [1.807, 2.05) is 12.1 Å². The Hall–Kier alpha value is -1.59. The molecule has 0 bridgehead atoms. The molecule has 2 fully saturated rings. The van der Waals surface area contributed by atoms with Crippen molar-refractivity contribution in [2.75, 3.05) is 13.1 Å². The van der Waals surface area contributed by atoms with E-state index < -0.39 is 0 Å². The van der Waals surface area contributed by atoms with Crippen LogP contribution < -0.4 is 10.5 Å². The third-order valence-electron chi connectivity index (χ3n) is 5.92. The Morgan fingerprint density at radius 3 is 2.96 bits per heavy atom. The second-order valence-corrected chi connectivity index (χ2v) is 7.79. The van der Waals surface area contributed by atoms with Gasteiger partial charge >= 0.3 is 0 Å². The van der Waals surface area contributed by atoms with Crippen molar-refractivity contribution in [3.63, 3.8) is 0 Å². The minimum atomic E-state index is -0.262. The van der Waals surface area contributed by atoms with Crippen LogP contribution in [0.25, 0.3) is 0 Å². The zero-order valence-electron chi connectivity index (χ0n) is 14.4. The number of primary amides is 1. The van der Waals surface area contributed by atoms with Crippen molar-refractivity contribution in [3.8, 4) is 5.75 Å². The number of carbonyl (C=O) groups is 1. The molecular formula is C19H26N2O3. The van der Waals surface area contributed by atoms with Gasteiger partial charge in [0.1, 0.15) is 11.4 Å². The molecule has 3 aliphatic rings. The Morgan fingerprint density at radius 1 is 1.38 bits per heavy atom. The second kappa shape index (κ2) is 5.74. The van der Waals surface area contributed by atoms with Crippen molar-refractivity contribution in [1.29, 1.82) is 0 Å². The number of nitrogens with zero attached hydrogens (tertiary/aromatic N) is 1. The first-order chi connectivity index (χ1) is 11.5. The summed E-state index contributed by atoms with van der Waals surface area (Å²) in [5.74, 6) is 1.02. The molecule has 5 nitrogen and oxygen atoms in total. The first-order valence-electron chi connectivity index (χ1n) is 8.91. The standard InChI is InChI=1S/C19H26N2O3/c1-19(2)13-11-14-16(7-9-21(14)10-8-17(20)22)23-18(13)12-5-3-4-6-15(12)24-19/h3-6,13-14,16,18H,7-11H2,1-2H3,(H2,20,22)/t13-,14-,16-,18+/m1/s1. The number of rotatable bonds is 3. The number of hydrogen-bond donors (Lipinski definition) is 1. The molecule has 24 heavy (non-hydrogen) atoms. The lowest BCUT2D eigenvalue weighted by Crippen LogP contribution is -2.54. The van der Waals surface area contributed by atoms with Crippen LogP contribution in [-0.2, 0) is 9.53 Å². The molecule has 3 aliphatic heterocycles. The van der Waals surface area contributed by atoms with Gasteiger partial charge < -0.3 is 15.2 Å². The SMILES string of the molecule is CC1(C)Oc2ccccc2[C@@H]2O[C@@H]3CCN(CCC(N)=O)[C@@H]3C[C@H]21. The molecule has 0 radical (unpaired) electrons. The zero-order valence-corrected chi connectivity index (χ0v) is 14.4. The number of likely N-dealkylation sites (tertiary alicyclic amines) is 1. The minimum Gasteiger partial charge on any atom is -0.487 e. The molecule has 1 aromatic rings. The lowest BCUT2D eigenvalue weighted by molar-refractivity contribution is -0.162. The molecule has 130 valence electrons. The highest BCUT2D eigenvalue weighted by Crippen LogP contribution is 2.52. The fourth-order valence-electron chi connectivity index (χ4n) is 4.65. The fourth-order valence-corrected chi connectivity index (χ4v) is 4.65. The molecule has 1 aromatic carbocycles. The molecule has 5 heteroatoms.